The number of carboxylic acids is 1. The first-order valence-electron chi connectivity index (χ1n) is 5.21. The fourth-order valence-corrected chi connectivity index (χ4v) is 3.04. The van der Waals surface area contributed by atoms with Crippen molar-refractivity contribution < 1.29 is 19.4 Å². The zero-order chi connectivity index (χ0) is 12.9. The summed E-state index contributed by atoms with van der Waals surface area (Å²) in [6.45, 7) is 0. The van der Waals surface area contributed by atoms with E-state index < -0.39 is 25.5 Å². The van der Waals surface area contributed by atoms with E-state index in [0.717, 1.165) is 5.56 Å². The molecule has 4 N–H and O–H groups in total. The van der Waals surface area contributed by atoms with Gasteiger partial charge in [0.25, 0.3) is 0 Å². The molecule has 0 saturated carbocycles. The summed E-state index contributed by atoms with van der Waals surface area (Å²) in [5.74, 6) is -1.28. The van der Waals surface area contributed by atoms with Gasteiger partial charge in [-0.1, -0.05) is 30.3 Å². The van der Waals surface area contributed by atoms with Gasteiger partial charge >= 0.3 is 5.97 Å². The molecule has 1 rings (SSSR count). The molecule has 0 aliphatic carbocycles. The third kappa shape index (κ3) is 5.63. The summed E-state index contributed by atoms with van der Waals surface area (Å²) in [6, 6.07) is 8.83. The normalized spacial score (nSPS) is 16.1. The highest BCUT2D eigenvalue weighted by atomic mass is 31.2. The summed E-state index contributed by atoms with van der Waals surface area (Å²) in [5, 5.41) is 8.48. The van der Waals surface area contributed by atoms with Crippen molar-refractivity contribution in [2.24, 2.45) is 5.73 Å². The molecule has 6 heteroatoms. The quantitative estimate of drug-likeness (QED) is 0.658. The van der Waals surface area contributed by atoms with E-state index in [1.165, 1.54) is 0 Å². The van der Waals surface area contributed by atoms with Crippen LogP contribution in [0.1, 0.15) is 5.56 Å². The van der Waals surface area contributed by atoms with Crippen molar-refractivity contribution in [1.29, 1.82) is 0 Å². The molecular formula is C11H16NO4P. The largest absolute Gasteiger partial charge is 0.481 e. The lowest BCUT2D eigenvalue weighted by atomic mass is 10.1. The number of rotatable bonds is 6. The predicted octanol–water partition coefficient (Wildman–Crippen LogP) is 0.911. The Balaban J connectivity index is 2.52. The molecule has 17 heavy (non-hydrogen) atoms. The first-order chi connectivity index (χ1) is 7.89. The van der Waals surface area contributed by atoms with Crippen LogP contribution < -0.4 is 5.73 Å². The lowest BCUT2D eigenvalue weighted by Gasteiger charge is -2.15. The molecular weight excluding hydrogens is 241 g/mol. The van der Waals surface area contributed by atoms with Crippen LogP contribution in [0.15, 0.2) is 30.3 Å². The van der Waals surface area contributed by atoms with Crippen LogP contribution >= 0.6 is 7.37 Å². The summed E-state index contributed by atoms with van der Waals surface area (Å²) < 4.78 is 11.5. The standard InChI is InChI=1S/C11H16NO4P/c12-10(6-9-4-2-1-3-5-9)7-17(15,16)8-11(13)14/h1-5,10H,6-8,12H2,(H,13,14)(H,15,16). The molecule has 0 amide bonds. The van der Waals surface area contributed by atoms with E-state index in [4.69, 9.17) is 10.8 Å². The molecule has 0 aliphatic heterocycles. The van der Waals surface area contributed by atoms with E-state index in [1.54, 1.807) is 0 Å². The molecule has 2 unspecified atom stereocenters. The highest BCUT2D eigenvalue weighted by Crippen LogP contribution is 2.40. The van der Waals surface area contributed by atoms with Gasteiger partial charge in [0, 0.05) is 12.2 Å². The molecule has 0 spiro atoms. The molecule has 0 heterocycles. The van der Waals surface area contributed by atoms with Crippen LogP contribution in [0.5, 0.6) is 0 Å². The number of nitrogens with two attached hydrogens (primary N) is 1. The van der Waals surface area contributed by atoms with E-state index in [2.05, 4.69) is 0 Å². The molecule has 2 atom stereocenters. The third-order valence-corrected chi connectivity index (χ3v) is 4.05. The van der Waals surface area contributed by atoms with Gasteiger partial charge in [-0.3, -0.25) is 9.36 Å². The van der Waals surface area contributed by atoms with Gasteiger partial charge in [-0.2, -0.15) is 0 Å². The fraction of sp³-hybridized carbons (Fsp3) is 0.364. The Hall–Kier alpha value is -1.16. The molecule has 0 saturated heterocycles. The SMILES string of the molecule is NC(Cc1ccccc1)CP(=O)(O)CC(=O)O. The Bertz CT molecular complexity index is 421. The highest BCUT2D eigenvalue weighted by molar-refractivity contribution is 7.59. The van der Waals surface area contributed by atoms with Crippen molar-refractivity contribution in [1.82, 2.24) is 0 Å². The third-order valence-electron chi connectivity index (χ3n) is 2.24. The van der Waals surface area contributed by atoms with Gasteiger partial charge < -0.3 is 15.7 Å². The number of hydrogen-bond donors (Lipinski definition) is 3. The number of benzene rings is 1. The number of hydrogen-bond acceptors (Lipinski definition) is 3. The zero-order valence-electron chi connectivity index (χ0n) is 9.32. The van der Waals surface area contributed by atoms with E-state index in [-0.39, 0.29) is 6.16 Å². The molecule has 0 fully saturated rings. The lowest BCUT2D eigenvalue weighted by molar-refractivity contribution is -0.134. The summed E-state index contributed by atoms with van der Waals surface area (Å²) in [5.41, 5.74) is 6.71. The zero-order valence-corrected chi connectivity index (χ0v) is 10.2. The average Bonchev–Trinajstić information content (AvgIpc) is 2.15. The van der Waals surface area contributed by atoms with Crippen molar-refractivity contribution in [3.63, 3.8) is 0 Å². The van der Waals surface area contributed by atoms with Gasteiger partial charge in [-0.15, -0.1) is 0 Å². The second kappa shape index (κ2) is 5.96. The van der Waals surface area contributed by atoms with Crippen molar-refractivity contribution in [2.45, 2.75) is 12.5 Å². The Morgan fingerprint density at radius 3 is 2.47 bits per heavy atom. The van der Waals surface area contributed by atoms with E-state index >= 15 is 0 Å². The molecule has 0 aliphatic rings. The van der Waals surface area contributed by atoms with Crippen LogP contribution in [0.3, 0.4) is 0 Å². The number of carbonyl (C=O) groups is 1. The highest BCUT2D eigenvalue weighted by Gasteiger charge is 2.25. The van der Waals surface area contributed by atoms with Crippen LogP contribution in [0.25, 0.3) is 0 Å². The van der Waals surface area contributed by atoms with Gasteiger partial charge in [0.05, 0.1) is 0 Å². The van der Waals surface area contributed by atoms with Gasteiger partial charge in [-0.05, 0) is 12.0 Å². The van der Waals surface area contributed by atoms with E-state index in [1.807, 2.05) is 30.3 Å². The van der Waals surface area contributed by atoms with E-state index in [0.29, 0.717) is 6.42 Å². The summed E-state index contributed by atoms with van der Waals surface area (Å²) in [7, 11) is -3.67. The predicted molar refractivity (Wildman–Crippen MR) is 65.3 cm³/mol. The van der Waals surface area contributed by atoms with Crippen LogP contribution in [0.4, 0.5) is 0 Å². The molecule has 0 bridgehead atoms. The van der Waals surface area contributed by atoms with Crippen LogP contribution in [-0.4, -0.2) is 34.3 Å². The van der Waals surface area contributed by atoms with E-state index in [9.17, 15) is 14.3 Å². The summed E-state index contributed by atoms with van der Waals surface area (Å²) in [4.78, 5) is 19.8. The summed E-state index contributed by atoms with van der Waals surface area (Å²) in [6.07, 6.45) is -0.436. The smallest absolute Gasteiger partial charge is 0.313 e. The monoisotopic (exact) mass is 257 g/mol. The maximum Gasteiger partial charge on any atom is 0.313 e. The van der Waals surface area contributed by atoms with Crippen molar-refractivity contribution in [3.8, 4) is 0 Å². The minimum atomic E-state index is -3.67. The maximum absolute atomic E-state index is 11.5. The molecule has 0 aromatic heterocycles. The minimum Gasteiger partial charge on any atom is -0.481 e. The Morgan fingerprint density at radius 2 is 1.94 bits per heavy atom. The van der Waals surface area contributed by atoms with Crippen LogP contribution in [0.2, 0.25) is 0 Å². The second-order valence-corrected chi connectivity index (χ2v) is 6.40. The fourth-order valence-electron chi connectivity index (χ4n) is 1.62. The Kier molecular flexibility index (Phi) is 4.87. The van der Waals surface area contributed by atoms with Gasteiger partial charge in [0.2, 0.25) is 7.37 Å². The second-order valence-electron chi connectivity index (χ2n) is 4.03. The molecule has 1 aromatic carbocycles. The van der Waals surface area contributed by atoms with Gasteiger partial charge in [-0.25, -0.2) is 0 Å². The first-order valence-corrected chi connectivity index (χ1v) is 7.24. The van der Waals surface area contributed by atoms with Gasteiger partial charge in [0.1, 0.15) is 6.16 Å². The van der Waals surface area contributed by atoms with Gasteiger partial charge in [0.15, 0.2) is 0 Å². The number of carboxylic acid groups (broad SMARTS) is 1. The minimum absolute atomic E-state index is 0.172. The molecule has 94 valence electrons. The van der Waals surface area contributed by atoms with Crippen LogP contribution in [-0.2, 0) is 15.8 Å². The average molecular weight is 257 g/mol. The van der Waals surface area contributed by atoms with Crippen molar-refractivity contribution in [3.05, 3.63) is 35.9 Å². The molecule has 5 nitrogen and oxygen atoms in total. The molecule has 0 radical (unpaired) electrons. The van der Waals surface area contributed by atoms with Crippen molar-refractivity contribution in [2.75, 3.05) is 12.3 Å². The van der Waals surface area contributed by atoms with Crippen molar-refractivity contribution >= 4 is 13.3 Å². The first kappa shape index (κ1) is 13.9. The Labute approximate surface area is 99.7 Å². The lowest BCUT2D eigenvalue weighted by Crippen LogP contribution is -2.28. The topological polar surface area (TPSA) is 101 Å². The summed E-state index contributed by atoms with van der Waals surface area (Å²) >= 11 is 0. The number of aliphatic carboxylic acids is 1. The molecule has 1 aromatic rings. The Morgan fingerprint density at radius 1 is 1.35 bits per heavy atom. The van der Waals surface area contributed by atoms with Crippen LogP contribution in [0, 0.1) is 0 Å². The maximum atomic E-state index is 11.5.